The van der Waals surface area contributed by atoms with Gasteiger partial charge in [0, 0.05) is 25.4 Å². The number of hydrogen-bond donors (Lipinski definition) is 2. The molecule has 0 aromatic carbocycles. The molecule has 0 aliphatic carbocycles. The van der Waals surface area contributed by atoms with Crippen molar-refractivity contribution in [3.05, 3.63) is 30.4 Å². The van der Waals surface area contributed by atoms with E-state index in [9.17, 15) is 9.59 Å². The Hall–Kier alpha value is -2.64. The highest BCUT2D eigenvalue weighted by Crippen LogP contribution is 2.06. The zero-order valence-corrected chi connectivity index (χ0v) is 11.0. The maximum atomic E-state index is 11.7. The van der Waals surface area contributed by atoms with Crippen LogP contribution in [0.25, 0.3) is 0 Å². The van der Waals surface area contributed by atoms with Gasteiger partial charge in [-0.25, -0.2) is 4.79 Å². The van der Waals surface area contributed by atoms with Crippen LogP contribution < -0.4 is 5.32 Å². The summed E-state index contributed by atoms with van der Waals surface area (Å²) in [6, 6.07) is 1.39. The molecule has 0 saturated heterocycles. The lowest BCUT2D eigenvalue weighted by molar-refractivity contribution is -0.116. The van der Waals surface area contributed by atoms with E-state index in [-0.39, 0.29) is 24.6 Å². The topological polar surface area (TPSA) is 102 Å². The molecule has 0 unspecified atom stereocenters. The summed E-state index contributed by atoms with van der Waals surface area (Å²) in [5.41, 5.74) is 0.687. The number of carbonyl (C=O) groups is 2. The minimum atomic E-state index is -1.06. The van der Waals surface area contributed by atoms with Gasteiger partial charge in [0.25, 0.3) is 0 Å². The van der Waals surface area contributed by atoms with Crippen molar-refractivity contribution in [2.75, 3.05) is 5.32 Å². The molecule has 0 saturated carbocycles. The van der Waals surface area contributed by atoms with Crippen molar-refractivity contribution in [3.8, 4) is 0 Å². The van der Waals surface area contributed by atoms with E-state index < -0.39 is 5.97 Å². The van der Waals surface area contributed by atoms with Crippen LogP contribution in [0.2, 0.25) is 0 Å². The summed E-state index contributed by atoms with van der Waals surface area (Å²) in [4.78, 5) is 22.6. The highest BCUT2D eigenvalue weighted by atomic mass is 16.4. The van der Waals surface area contributed by atoms with E-state index in [1.54, 1.807) is 17.1 Å². The first-order valence-electron chi connectivity index (χ1n) is 6.17. The van der Waals surface area contributed by atoms with Gasteiger partial charge in [-0.3, -0.25) is 14.2 Å². The van der Waals surface area contributed by atoms with Gasteiger partial charge >= 0.3 is 5.97 Å². The fraction of sp³-hybridized carbons (Fsp3) is 0.333. The van der Waals surface area contributed by atoms with Crippen LogP contribution in [0.15, 0.2) is 24.7 Å². The minimum Gasteiger partial charge on any atom is -0.477 e. The maximum Gasteiger partial charge on any atom is 0.354 e. The molecule has 0 spiro atoms. The quantitative estimate of drug-likeness (QED) is 0.814. The molecule has 0 fully saturated rings. The lowest BCUT2D eigenvalue weighted by atomic mass is 10.3. The van der Waals surface area contributed by atoms with E-state index in [0.29, 0.717) is 5.69 Å². The number of nitrogens with zero attached hydrogens (tertiary/aromatic N) is 4. The molecule has 0 aliphatic heterocycles. The third-order valence-corrected chi connectivity index (χ3v) is 2.73. The lowest BCUT2D eigenvalue weighted by Crippen LogP contribution is -2.17. The number of aryl methyl sites for hydroxylation is 2. The Morgan fingerprint density at radius 2 is 2.20 bits per heavy atom. The highest BCUT2D eigenvalue weighted by Gasteiger charge is 2.11. The van der Waals surface area contributed by atoms with Crippen LogP contribution in [0.4, 0.5) is 5.69 Å². The monoisotopic (exact) mass is 277 g/mol. The van der Waals surface area contributed by atoms with Gasteiger partial charge in [0.15, 0.2) is 0 Å². The molecule has 8 heteroatoms. The molecular formula is C12H15N5O3. The number of aromatic carboxylic acids is 1. The van der Waals surface area contributed by atoms with Crippen LogP contribution in [0.5, 0.6) is 0 Å². The molecule has 0 atom stereocenters. The van der Waals surface area contributed by atoms with Crippen molar-refractivity contribution < 1.29 is 14.7 Å². The number of carbonyl (C=O) groups excluding carboxylic acids is 1. The Kier molecular flexibility index (Phi) is 4.14. The van der Waals surface area contributed by atoms with Crippen molar-refractivity contribution >= 4 is 17.6 Å². The molecule has 2 heterocycles. The first-order valence-corrected chi connectivity index (χ1v) is 6.17. The zero-order chi connectivity index (χ0) is 14.5. The van der Waals surface area contributed by atoms with Gasteiger partial charge < -0.3 is 10.4 Å². The van der Waals surface area contributed by atoms with Crippen LogP contribution >= 0.6 is 0 Å². The SMILES string of the molecule is CCn1cc(NC(=O)CCn2nccc2C(=O)O)cn1. The normalized spacial score (nSPS) is 10.4. The van der Waals surface area contributed by atoms with Crippen LogP contribution in [-0.4, -0.2) is 36.5 Å². The van der Waals surface area contributed by atoms with Crippen LogP contribution in [0, 0.1) is 0 Å². The third kappa shape index (κ3) is 3.22. The molecular weight excluding hydrogens is 262 g/mol. The number of aromatic nitrogens is 4. The number of amides is 1. The molecule has 2 aromatic heterocycles. The fourth-order valence-corrected chi connectivity index (χ4v) is 1.72. The summed E-state index contributed by atoms with van der Waals surface area (Å²) >= 11 is 0. The second-order valence-electron chi connectivity index (χ2n) is 4.13. The predicted molar refractivity (Wildman–Crippen MR) is 70.3 cm³/mol. The van der Waals surface area contributed by atoms with Crippen molar-refractivity contribution in [2.24, 2.45) is 0 Å². The number of carboxylic acids is 1. The van der Waals surface area contributed by atoms with Crippen molar-refractivity contribution in [3.63, 3.8) is 0 Å². The van der Waals surface area contributed by atoms with Gasteiger partial charge in [0.05, 0.1) is 18.4 Å². The molecule has 0 aliphatic rings. The smallest absolute Gasteiger partial charge is 0.354 e. The van der Waals surface area contributed by atoms with E-state index in [4.69, 9.17) is 5.11 Å². The van der Waals surface area contributed by atoms with Crippen LogP contribution in [0.3, 0.4) is 0 Å². The average Bonchev–Trinajstić information content (AvgIpc) is 3.04. The summed E-state index contributed by atoms with van der Waals surface area (Å²) in [6.45, 7) is 2.89. The third-order valence-electron chi connectivity index (χ3n) is 2.73. The standard InChI is InChI=1S/C12H15N5O3/c1-2-16-8-9(7-14-16)15-11(18)4-6-17-10(12(19)20)3-5-13-17/h3,5,7-8H,2,4,6H2,1H3,(H,15,18)(H,19,20). The van der Waals surface area contributed by atoms with E-state index in [1.807, 2.05) is 6.92 Å². The lowest BCUT2D eigenvalue weighted by Gasteiger charge is -2.04. The Labute approximate surface area is 115 Å². The average molecular weight is 277 g/mol. The summed E-state index contributed by atoms with van der Waals surface area (Å²) in [6.07, 6.45) is 4.83. The largest absolute Gasteiger partial charge is 0.477 e. The van der Waals surface area contributed by atoms with Crippen molar-refractivity contribution in [1.29, 1.82) is 0 Å². The number of rotatable bonds is 6. The van der Waals surface area contributed by atoms with E-state index in [2.05, 4.69) is 15.5 Å². The van der Waals surface area contributed by atoms with Gasteiger partial charge in [-0.2, -0.15) is 10.2 Å². The molecule has 1 amide bonds. The second-order valence-corrected chi connectivity index (χ2v) is 4.13. The van der Waals surface area contributed by atoms with Gasteiger partial charge in [0.1, 0.15) is 5.69 Å². The number of nitrogens with one attached hydrogen (secondary N) is 1. The molecule has 2 N–H and O–H groups in total. The molecule has 2 aromatic rings. The Morgan fingerprint density at radius 3 is 2.85 bits per heavy atom. The van der Waals surface area contributed by atoms with Gasteiger partial charge in [-0.1, -0.05) is 0 Å². The Balaban J connectivity index is 1.89. The molecule has 2 rings (SSSR count). The second kappa shape index (κ2) is 6.00. The molecule has 0 bridgehead atoms. The van der Waals surface area contributed by atoms with Gasteiger partial charge in [-0.05, 0) is 13.0 Å². The Morgan fingerprint density at radius 1 is 1.40 bits per heavy atom. The summed E-state index contributed by atoms with van der Waals surface area (Å²) in [5, 5.41) is 19.5. The number of hydrogen-bond acceptors (Lipinski definition) is 4. The highest BCUT2D eigenvalue weighted by molar-refractivity contribution is 5.90. The van der Waals surface area contributed by atoms with Crippen LogP contribution in [0.1, 0.15) is 23.8 Å². The first-order chi connectivity index (χ1) is 9.60. The molecule has 106 valence electrons. The number of anilines is 1. The van der Waals surface area contributed by atoms with E-state index in [1.165, 1.54) is 16.9 Å². The van der Waals surface area contributed by atoms with Gasteiger partial charge in [0.2, 0.25) is 5.91 Å². The first kappa shape index (κ1) is 13.8. The number of carboxylic acid groups (broad SMARTS) is 1. The van der Waals surface area contributed by atoms with Crippen molar-refractivity contribution in [1.82, 2.24) is 19.6 Å². The van der Waals surface area contributed by atoms with Crippen molar-refractivity contribution in [2.45, 2.75) is 26.4 Å². The molecule has 0 radical (unpaired) electrons. The predicted octanol–water partition coefficient (Wildman–Crippen LogP) is 0.826. The summed E-state index contributed by atoms with van der Waals surface area (Å²) in [7, 11) is 0. The Bertz CT molecular complexity index is 616. The van der Waals surface area contributed by atoms with Crippen LogP contribution in [-0.2, 0) is 17.9 Å². The molecule has 20 heavy (non-hydrogen) atoms. The van der Waals surface area contributed by atoms with Gasteiger partial charge in [-0.15, -0.1) is 0 Å². The zero-order valence-electron chi connectivity index (χ0n) is 11.0. The van der Waals surface area contributed by atoms with E-state index >= 15 is 0 Å². The molecule has 8 nitrogen and oxygen atoms in total. The maximum absolute atomic E-state index is 11.7. The fourth-order valence-electron chi connectivity index (χ4n) is 1.72. The summed E-state index contributed by atoms with van der Waals surface area (Å²) in [5.74, 6) is -1.28. The summed E-state index contributed by atoms with van der Waals surface area (Å²) < 4.78 is 2.99. The van der Waals surface area contributed by atoms with E-state index in [0.717, 1.165) is 6.54 Å². The minimum absolute atomic E-state index is 0.0663.